The zero-order chi connectivity index (χ0) is 29.7. The van der Waals surface area contributed by atoms with Crippen molar-refractivity contribution in [3.63, 3.8) is 0 Å². The third-order valence-corrected chi connectivity index (χ3v) is 7.80. The molecule has 0 spiro atoms. The van der Waals surface area contributed by atoms with Crippen LogP contribution in [0.4, 0.5) is 5.69 Å². The van der Waals surface area contributed by atoms with Crippen LogP contribution in [0.3, 0.4) is 0 Å². The average Bonchev–Trinajstić information content (AvgIpc) is 3.33. The molecule has 0 bridgehead atoms. The molecule has 12 heteroatoms. The minimum absolute atomic E-state index is 0.0691. The second-order valence-corrected chi connectivity index (χ2v) is 11.3. The number of fused-ring (bicyclic) bond motifs is 1. The highest BCUT2D eigenvalue weighted by Gasteiger charge is 2.30. The lowest BCUT2D eigenvalue weighted by Crippen LogP contribution is -2.50. The molecule has 0 unspecified atom stereocenters. The molecule has 1 aliphatic rings. The molecule has 0 saturated carbocycles. The van der Waals surface area contributed by atoms with Crippen molar-refractivity contribution in [3.05, 3.63) is 96.7 Å². The van der Waals surface area contributed by atoms with Crippen LogP contribution in [0.15, 0.2) is 54.6 Å². The van der Waals surface area contributed by atoms with Crippen LogP contribution in [0.5, 0.6) is 0 Å². The number of amidine groups is 1. The number of amides is 2. The quantitative estimate of drug-likeness (QED) is 0.109. The van der Waals surface area contributed by atoms with Gasteiger partial charge in [0.05, 0.1) is 17.4 Å². The summed E-state index contributed by atoms with van der Waals surface area (Å²) in [5.74, 6) is -1.18. The van der Waals surface area contributed by atoms with Gasteiger partial charge in [-0.3, -0.25) is 29.9 Å². The van der Waals surface area contributed by atoms with E-state index in [0.717, 1.165) is 15.3 Å². The fourth-order valence-electron chi connectivity index (χ4n) is 4.57. The molecule has 1 aliphatic heterocycles. The molecule has 41 heavy (non-hydrogen) atoms. The van der Waals surface area contributed by atoms with Crippen LogP contribution >= 0.6 is 11.3 Å². The summed E-state index contributed by atoms with van der Waals surface area (Å²) < 4.78 is 5.25. The van der Waals surface area contributed by atoms with Crippen LogP contribution in [-0.2, 0) is 40.1 Å². The highest BCUT2D eigenvalue weighted by Crippen LogP contribution is 2.29. The van der Waals surface area contributed by atoms with Gasteiger partial charge in [-0.05, 0) is 49.6 Å². The summed E-state index contributed by atoms with van der Waals surface area (Å²) in [6.45, 7) is 4.38. The molecule has 0 fully saturated rings. The maximum Gasteiger partial charge on any atom is 0.311 e. The lowest BCUT2D eigenvalue weighted by atomic mass is 10.0. The van der Waals surface area contributed by atoms with Crippen molar-refractivity contribution in [2.24, 2.45) is 5.73 Å². The summed E-state index contributed by atoms with van der Waals surface area (Å²) in [4.78, 5) is 53.3. The first kappa shape index (κ1) is 29.4. The number of non-ortho nitro benzene ring substituents is 1. The number of hydrogen-bond acceptors (Lipinski definition) is 8. The zero-order valence-corrected chi connectivity index (χ0v) is 23.5. The Morgan fingerprint density at radius 1 is 1.12 bits per heavy atom. The monoisotopic (exact) mass is 577 g/mol. The van der Waals surface area contributed by atoms with Gasteiger partial charge < -0.3 is 20.7 Å². The number of nitrogens with two attached hydrogens (primary N) is 1. The lowest BCUT2D eigenvalue weighted by molar-refractivity contribution is -0.384. The second kappa shape index (κ2) is 12.7. The number of rotatable bonds is 10. The number of nitro groups is 1. The number of carbonyl (C=O) groups is 3. The smallest absolute Gasteiger partial charge is 0.311 e. The van der Waals surface area contributed by atoms with E-state index in [4.69, 9.17) is 15.9 Å². The summed E-state index contributed by atoms with van der Waals surface area (Å²) in [6, 6.07) is 13.0. The number of carbonyl (C=O) groups excluding carboxylic acids is 3. The third kappa shape index (κ3) is 7.54. The number of nitrogens with one attached hydrogen (secondary N) is 2. The van der Waals surface area contributed by atoms with E-state index in [0.29, 0.717) is 36.2 Å². The van der Waals surface area contributed by atoms with Gasteiger partial charge in [0, 0.05) is 52.5 Å². The van der Waals surface area contributed by atoms with Gasteiger partial charge in [0.2, 0.25) is 5.91 Å². The van der Waals surface area contributed by atoms with Crippen molar-refractivity contribution in [2.75, 3.05) is 6.54 Å². The van der Waals surface area contributed by atoms with Gasteiger partial charge in [-0.1, -0.05) is 24.3 Å². The van der Waals surface area contributed by atoms with Crippen molar-refractivity contribution in [1.82, 2.24) is 10.2 Å². The van der Waals surface area contributed by atoms with Crippen LogP contribution in [0, 0.1) is 15.5 Å². The maximum absolute atomic E-state index is 13.8. The fourth-order valence-corrected chi connectivity index (χ4v) is 5.72. The van der Waals surface area contributed by atoms with Gasteiger partial charge in [-0.2, -0.15) is 0 Å². The molecule has 0 radical (unpaired) electrons. The van der Waals surface area contributed by atoms with E-state index in [1.165, 1.54) is 24.3 Å². The van der Waals surface area contributed by atoms with E-state index in [1.54, 1.807) is 54.3 Å². The summed E-state index contributed by atoms with van der Waals surface area (Å²) in [6.07, 6.45) is 0.730. The van der Waals surface area contributed by atoms with Crippen molar-refractivity contribution in [3.8, 4) is 0 Å². The first-order valence-electron chi connectivity index (χ1n) is 13.1. The molecular weight excluding hydrogens is 546 g/mol. The molecule has 214 valence electrons. The highest BCUT2D eigenvalue weighted by atomic mass is 32.1. The SMILES string of the molecule is CC(C)OC(=O)Cc1cc2c(s1)CCN(C(=O)[C@H](Cc1ccc([N+](=O)[O-])cc1)NC(=O)c1ccc(C(=N)N)cc1)C2. The zero-order valence-electron chi connectivity index (χ0n) is 22.7. The van der Waals surface area contributed by atoms with E-state index < -0.39 is 16.9 Å². The minimum Gasteiger partial charge on any atom is -0.463 e. The van der Waals surface area contributed by atoms with Crippen LogP contribution < -0.4 is 11.1 Å². The average molecular weight is 578 g/mol. The summed E-state index contributed by atoms with van der Waals surface area (Å²) in [7, 11) is 0. The van der Waals surface area contributed by atoms with E-state index in [9.17, 15) is 24.5 Å². The standard InChI is InChI=1S/C29H31N5O6S/c1-17(2)40-26(35)15-23-14-21-16-33(12-11-25(21)41-23)29(37)24(13-18-3-9-22(10-4-18)34(38)39)32-28(36)20-7-5-19(6-8-20)27(30)31/h3-10,14,17,24H,11-13,15-16H2,1-2H3,(H3,30,31)(H,32,36)/t24-/m0/s1. The Kier molecular flexibility index (Phi) is 9.13. The second-order valence-electron chi connectivity index (χ2n) is 10.0. The van der Waals surface area contributed by atoms with Crippen LogP contribution in [0.1, 0.15) is 50.7 Å². The molecule has 0 saturated heterocycles. The summed E-state index contributed by atoms with van der Waals surface area (Å²) >= 11 is 1.54. The fraction of sp³-hybridized carbons (Fsp3) is 0.310. The van der Waals surface area contributed by atoms with Gasteiger partial charge >= 0.3 is 5.97 Å². The third-order valence-electron chi connectivity index (χ3n) is 6.56. The molecule has 4 rings (SSSR count). The molecule has 2 aromatic carbocycles. The highest BCUT2D eigenvalue weighted by molar-refractivity contribution is 7.12. The summed E-state index contributed by atoms with van der Waals surface area (Å²) in [5, 5.41) is 21.4. The molecular formula is C29H31N5O6S. The number of nitro benzene ring substituents is 1. The van der Waals surface area contributed by atoms with Gasteiger partial charge in [-0.25, -0.2) is 0 Å². The van der Waals surface area contributed by atoms with Crippen molar-refractivity contribution < 1.29 is 24.0 Å². The van der Waals surface area contributed by atoms with Crippen LogP contribution in [0.25, 0.3) is 0 Å². The molecule has 2 amide bonds. The lowest BCUT2D eigenvalue weighted by Gasteiger charge is -2.31. The molecule has 0 aliphatic carbocycles. The Balaban J connectivity index is 1.52. The first-order valence-corrected chi connectivity index (χ1v) is 13.9. The van der Waals surface area contributed by atoms with Crippen molar-refractivity contribution in [1.29, 1.82) is 5.41 Å². The van der Waals surface area contributed by atoms with Gasteiger partial charge in [0.25, 0.3) is 11.6 Å². The Morgan fingerprint density at radius 3 is 2.39 bits per heavy atom. The number of benzene rings is 2. The first-order chi connectivity index (χ1) is 19.5. The van der Waals surface area contributed by atoms with Gasteiger partial charge in [0.15, 0.2) is 0 Å². The van der Waals surface area contributed by atoms with Crippen molar-refractivity contribution >= 4 is 40.6 Å². The Bertz CT molecular complexity index is 1470. The van der Waals surface area contributed by atoms with Crippen molar-refractivity contribution in [2.45, 2.75) is 51.8 Å². The molecule has 4 N–H and O–H groups in total. The normalized spacial score (nSPS) is 13.3. The Labute approximate surface area is 241 Å². The van der Waals surface area contributed by atoms with E-state index in [1.807, 2.05) is 6.07 Å². The molecule has 2 heterocycles. The molecule has 1 atom stereocenters. The summed E-state index contributed by atoms with van der Waals surface area (Å²) in [5.41, 5.74) is 7.82. The Hall–Kier alpha value is -4.58. The van der Waals surface area contributed by atoms with Crippen LogP contribution in [0.2, 0.25) is 0 Å². The minimum atomic E-state index is -0.933. The number of esters is 1. The number of hydrogen-bond donors (Lipinski definition) is 3. The predicted octanol–water partition coefficient (Wildman–Crippen LogP) is 3.36. The van der Waals surface area contributed by atoms with Gasteiger partial charge in [0.1, 0.15) is 11.9 Å². The molecule has 11 nitrogen and oxygen atoms in total. The molecule has 1 aromatic heterocycles. The number of nitrogen functional groups attached to an aromatic ring is 1. The number of nitrogens with zero attached hydrogens (tertiary/aromatic N) is 2. The van der Waals surface area contributed by atoms with E-state index in [-0.39, 0.29) is 42.3 Å². The maximum atomic E-state index is 13.8. The largest absolute Gasteiger partial charge is 0.463 e. The molecule has 3 aromatic rings. The van der Waals surface area contributed by atoms with E-state index >= 15 is 0 Å². The van der Waals surface area contributed by atoms with E-state index in [2.05, 4.69) is 5.32 Å². The Morgan fingerprint density at radius 2 is 1.78 bits per heavy atom. The topological polar surface area (TPSA) is 169 Å². The predicted molar refractivity (Wildman–Crippen MR) is 154 cm³/mol. The van der Waals surface area contributed by atoms with Gasteiger partial charge in [-0.15, -0.1) is 11.3 Å². The number of ether oxygens (including phenoxy) is 1. The number of thiophene rings is 1. The van der Waals surface area contributed by atoms with Crippen LogP contribution in [-0.4, -0.2) is 52.1 Å².